The monoisotopic (exact) mass is 428 g/mol. The Bertz CT molecular complexity index is 1260. The zero-order valence-corrected chi connectivity index (χ0v) is 18.1. The van der Waals surface area contributed by atoms with Gasteiger partial charge in [0.25, 0.3) is 0 Å². The van der Waals surface area contributed by atoms with E-state index in [0.717, 1.165) is 33.3 Å². The standard InChI is InChI=1S/C25H21FN4S/c1-16-8-10-19(11-9-16)23-15-31-25-28-27-24(30(25)29-23)17(2)20-12-13-21(22(26)14-20)18-6-4-3-5-7-18/h3-14,17H,15H2,1-2H3. The van der Waals surface area contributed by atoms with Crippen molar-refractivity contribution in [3.8, 4) is 11.1 Å². The summed E-state index contributed by atoms with van der Waals surface area (Å²) in [5, 5.41) is 14.3. The van der Waals surface area contributed by atoms with E-state index >= 15 is 0 Å². The van der Waals surface area contributed by atoms with Crippen molar-refractivity contribution in [2.75, 3.05) is 5.75 Å². The van der Waals surface area contributed by atoms with Gasteiger partial charge in [0.15, 0.2) is 5.82 Å². The molecular formula is C25H21FN4S. The highest BCUT2D eigenvalue weighted by Gasteiger charge is 2.24. The first-order chi connectivity index (χ1) is 15.1. The maximum Gasteiger partial charge on any atom is 0.212 e. The van der Waals surface area contributed by atoms with Crippen LogP contribution in [0.5, 0.6) is 0 Å². The molecular weight excluding hydrogens is 407 g/mol. The van der Waals surface area contributed by atoms with E-state index in [2.05, 4.69) is 41.4 Å². The highest BCUT2D eigenvalue weighted by molar-refractivity contribution is 7.99. The van der Waals surface area contributed by atoms with Crippen LogP contribution in [0.15, 0.2) is 83.1 Å². The molecule has 0 bridgehead atoms. The first kappa shape index (κ1) is 19.7. The highest BCUT2D eigenvalue weighted by atomic mass is 32.2. The fraction of sp³-hybridized carbons (Fsp3) is 0.160. The Morgan fingerprint density at radius 2 is 1.71 bits per heavy atom. The zero-order valence-electron chi connectivity index (χ0n) is 17.3. The summed E-state index contributed by atoms with van der Waals surface area (Å²) in [5.41, 5.74) is 5.59. The van der Waals surface area contributed by atoms with E-state index in [-0.39, 0.29) is 11.7 Å². The molecule has 2 heterocycles. The molecule has 0 saturated carbocycles. The number of halogens is 1. The van der Waals surface area contributed by atoms with Gasteiger partial charge in [0.2, 0.25) is 5.16 Å². The van der Waals surface area contributed by atoms with Gasteiger partial charge in [-0.15, -0.1) is 10.2 Å². The Kier molecular flexibility index (Phi) is 5.16. The number of fused-ring (bicyclic) bond motifs is 1. The minimum atomic E-state index is -0.243. The lowest BCUT2D eigenvalue weighted by Crippen LogP contribution is -2.16. The third-order valence-electron chi connectivity index (χ3n) is 5.54. The summed E-state index contributed by atoms with van der Waals surface area (Å²) in [6.07, 6.45) is 0. The van der Waals surface area contributed by atoms with Crippen molar-refractivity contribution in [1.82, 2.24) is 14.9 Å². The molecule has 0 radical (unpaired) electrons. The minimum absolute atomic E-state index is 0.151. The molecule has 0 saturated heterocycles. The number of rotatable bonds is 4. The van der Waals surface area contributed by atoms with Gasteiger partial charge in [-0.2, -0.15) is 9.78 Å². The molecule has 0 amide bonds. The second kappa shape index (κ2) is 8.12. The van der Waals surface area contributed by atoms with E-state index in [1.54, 1.807) is 22.5 Å². The SMILES string of the molecule is Cc1ccc(C2=Nn3c(nnc3C(C)c3ccc(-c4ccccc4)c(F)c3)SC2)cc1. The molecule has 1 aliphatic rings. The molecule has 4 aromatic rings. The Morgan fingerprint density at radius 3 is 2.45 bits per heavy atom. The van der Waals surface area contributed by atoms with Crippen molar-refractivity contribution in [2.45, 2.75) is 24.9 Å². The smallest absolute Gasteiger partial charge is 0.206 e. The number of thioether (sulfide) groups is 1. The Labute approximate surface area is 184 Å². The lowest BCUT2D eigenvalue weighted by atomic mass is 9.96. The van der Waals surface area contributed by atoms with Crippen molar-refractivity contribution in [3.63, 3.8) is 0 Å². The van der Waals surface area contributed by atoms with Crippen molar-refractivity contribution in [2.24, 2.45) is 5.10 Å². The molecule has 0 N–H and O–H groups in total. The summed E-state index contributed by atoms with van der Waals surface area (Å²) >= 11 is 1.62. The highest BCUT2D eigenvalue weighted by Crippen LogP contribution is 2.32. The molecule has 31 heavy (non-hydrogen) atoms. The molecule has 4 nitrogen and oxygen atoms in total. The molecule has 1 aliphatic heterocycles. The van der Waals surface area contributed by atoms with Crippen LogP contribution in [-0.2, 0) is 0 Å². The van der Waals surface area contributed by atoms with Gasteiger partial charge in [-0.25, -0.2) is 4.39 Å². The Morgan fingerprint density at radius 1 is 0.935 bits per heavy atom. The lowest BCUT2D eigenvalue weighted by Gasteiger charge is -2.17. The topological polar surface area (TPSA) is 43.1 Å². The van der Waals surface area contributed by atoms with Gasteiger partial charge in [0.05, 0.1) is 5.71 Å². The fourth-order valence-electron chi connectivity index (χ4n) is 3.70. The molecule has 154 valence electrons. The van der Waals surface area contributed by atoms with Gasteiger partial charge in [0, 0.05) is 17.2 Å². The molecule has 1 unspecified atom stereocenters. The van der Waals surface area contributed by atoms with Crippen molar-refractivity contribution < 1.29 is 4.39 Å². The first-order valence-corrected chi connectivity index (χ1v) is 11.2. The molecule has 5 rings (SSSR count). The van der Waals surface area contributed by atoms with E-state index in [1.807, 2.05) is 49.4 Å². The number of hydrogen-bond acceptors (Lipinski definition) is 4. The van der Waals surface area contributed by atoms with Crippen LogP contribution in [0.3, 0.4) is 0 Å². The summed E-state index contributed by atoms with van der Waals surface area (Å²) in [4.78, 5) is 0. The Hall–Kier alpha value is -3.25. The van der Waals surface area contributed by atoms with Gasteiger partial charge in [-0.1, -0.05) is 91.0 Å². The molecule has 0 aliphatic carbocycles. The average molecular weight is 429 g/mol. The Balaban J connectivity index is 1.48. The van der Waals surface area contributed by atoms with Gasteiger partial charge in [-0.05, 0) is 29.7 Å². The van der Waals surface area contributed by atoms with Crippen LogP contribution in [0.4, 0.5) is 4.39 Å². The van der Waals surface area contributed by atoms with E-state index < -0.39 is 0 Å². The summed E-state index contributed by atoms with van der Waals surface area (Å²) in [6.45, 7) is 4.08. The third kappa shape index (κ3) is 3.79. The van der Waals surface area contributed by atoms with Gasteiger partial charge < -0.3 is 0 Å². The minimum Gasteiger partial charge on any atom is -0.206 e. The molecule has 1 atom stereocenters. The van der Waals surface area contributed by atoms with Crippen LogP contribution < -0.4 is 0 Å². The number of benzene rings is 3. The average Bonchev–Trinajstić information content (AvgIpc) is 3.23. The molecule has 0 fully saturated rings. The van der Waals surface area contributed by atoms with E-state index in [1.165, 1.54) is 5.56 Å². The van der Waals surface area contributed by atoms with Crippen LogP contribution in [0.2, 0.25) is 0 Å². The summed E-state index contributed by atoms with van der Waals surface area (Å²) in [5.74, 6) is 1.06. The van der Waals surface area contributed by atoms with Gasteiger partial charge >= 0.3 is 0 Å². The third-order valence-corrected chi connectivity index (χ3v) is 6.48. The van der Waals surface area contributed by atoms with Gasteiger partial charge in [-0.3, -0.25) is 0 Å². The maximum absolute atomic E-state index is 14.9. The van der Waals surface area contributed by atoms with E-state index in [9.17, 15) is 4.39 Å². The number of hydrogen-bond donors (Lipinski definition) is 0. The maximum atomic E-state index is 14.9. The largest absolute Gasteiger partial charge is 0.212 e. The lowest BCUT2D eigenvalue weighted by molar-refractivity contribution is 0.623. The molecule has 1 aromatic heterocycles. The fourth-order valence-corrected chi connectivity index (χ4v) is 4.55. The summed E-state index contributed by atoms with van der Waals surface area (Å²) < 4.78 is 16.7. The molecule has 6 heteroatoms. The molecule has 0 spiro atoms. The predicted molar refractivity (Wildman–Crippen MR) is 123 cm³/mol. The van der Waals surface area contributed by atoms with Gasteiger partial charge in [0.1, 0.15) is 5.82 Å². The van der Waals surface area contributed by atoms with Crippen LogP contribution in [0.1, 0.15) is 35.4 Å². The number of aryl methyl sites for hydroxylation is 1. The van der Waals surface area contributed by atoms with Crippen molar-refractivity contribution in [3.05, 3.63) is 101 Å². The van der Waals surface area contributed by atoms with E-state index in [0.29, 0.717) is 11.4 Å². The predicted octanol–water partition coefficient (Wildman–Crippen LogP) is 5.90. The number of aromatic nitrogens is 3. The summed E-state index contributed by atoms with van der Waals surface area (Å²) in [7, 11) is 0. The van der Waals surface area contributed by atoms with Crippen molar-refractivity contribution in [1.29, 1.82) is 0 Å². The number of nitrogens with zero attached hydrogens (tertiary/aromatic N) is 4. The molecule has 3 aromatic carbocycles. The second-order valence-corrected chi connectivity index (χ2v) is 8.62. The van der Waals surface area contributed by atoms with Crippen LogP contribution >= 0.6 is 11.8 Å². The van der Waals surface area contributed by atoms with E-state index in [4.69, 9.17) is 5.10 Å². The van der Waals surface area contributed by atoms with Crippen molar-refractivity contribution >= 4 is 17.5 Å². The van der Waals surface area contributed by atoms with Crippen LogP contribution in [-0.4, -0.2) is 26.3 Å². The quantitative estimate of drug-likeness (QED) is 0.406. The first-order valence-electron chi connectivity index (χ1n) is 10.2. The normalized spacial score (nSPS) is 14.1. The summed E-state index contributed by atoms with van der Waals surface area (Å²) in [6, 6.07) is 23.3. The second-order valence-electron chi connectivity index (χ2n) is 7.68. The zero-order chi connectivity index (χ0) is 21.4. The van der Waals surface area contributed by atoms with Crippen LogP contribution in [0, 0.1) is 12.7 Å². The van der Waals surface area contributed by atoms with Crippen LogP contribution in [0.25, 0.3) is 11.1 Å².